The molecule has 0 aliphatic heterocycles. The monoisotopic (exact) mass is 354 g/mol. The van der Waals surface area contributed by atoms with Crippen LogP contribution in [-0.4, -0.2) is 54.7 Å². The maximum atomic E-state index is 11.8. The number of benzene rings is 1. The van der Waals surface area contributed by atoms with Gasteiger partial charge in [0.15, 0.2) is 0 Å². The number of aliphatic hydroxyl groups excluding tert-OH is 2. The molecule has 0 spiro atoms. The number of hydroxylamine groups is 1. The van der Waals surface area contributed by atoms with Crippen LogP contribution in [0.15, 0.2) is 18.2 Å². The summed E-state index contributed by atoms with van der Waals surface area (Å²) in [5, 5.41) is 25.5. The first-order valence-electron chi connectivity index (χ1n) is 7.42. The van der Waals surface area contributed by atoms with E-state index in [0.29, 0.717) is 16.8 Å². The predicted molar refractivity (Wildman–Crippen MR) is 87.9 cm³/mol. The first-order chi connectivity index (χ1) is 12.0. The maximum Gasteiger partial charge on any atom is 0.243 e. The number of amides is 3. The van der Waals surface area contributed by atoms with Crippen LogP contribution in [-0.2, 0) is 32.4 Å². The van der Waals surface area contributed by atoms with Crippen LogP contribution < -0.4 is 21.4 Å². The molecule has 10 heteroatoms. The Morgan fingerprint density at radius 2 is 1.40 bits per heavy atom. The van der Waals surface area contributed by atoms with Crippen molar-refractivity contribution in [1.82, 2.24) is 16.1 Å². The predicted octanol–water partition coefficient (Wildman–Crippen LogP) is -2.01. The number of hydrogen-bond donors (Lipinski definition) is 6. The minimum Gasteiger partial charge on any atom is -0.392 e. The van der Waals surface area contributed by atoms with E-state index in [4.69, 9.17) is 10.2 Å². The molecule has 0 aliphatic carbocycles. The van der Waals surface area contributed by atoms with Gasteiger partial charge in [0.05, 0.1) is 40.0 Å². The lowest BCUT2D eigenvalue weighted by molar-refractivity contribution is -0.127. The van der Waals surface area contributed by atoms with Crippen molar-refractivity contribution < 1.29 is 29.4 Å². The third kappa shape index (κ3) is 8.22. The first-order valence-corrected chi connectivity index (χ1v) is 7.42. The Morgan fingerprint density at radius 1 is 0.880 bits per heavy atom. The maximum absolute atomic E-state index is 11.8. The lowest BCUT2D eigenvalue weighted by Crippen LogP contribution is -2.42. The number of nitrogens with one attached hydrogen (secondary N) is 4. The Hall–Kier alpha value is -2.53. The zero-order valence-corrected chi connectivity index (χ0v) is 13.8. The SMILES string of the molecule is CONCC(=O)NCC(=O)NCC(=O)Nc1cc(CO)cc(CO)c1. The molecule has 3 amide bonds. The van der Waals surface area contributed by atoms with Gasteiger partial charge in [-0.05, 0) is 23.3 Å². The second-order valence-corrected chi connectivity index (χ2v) is 4.98. The van der Waals surface area contributed by atoms with Crippen molar-refractivity contribution in [1.29, 1.82) is 0 Å². The number of aliphatic hydroxyl groups is 2. The molecule has 0 radical (unpaired) electrons. The Balaban J connectivity index is 2.39. The van der Waals surface area contributed by atoms with Crippen molar-refractivity contribution in [3.8, 4) is 0 Å². The Kier molecular flexibility index (Phi) is 9.11. The number of hydrogen-bond acceptors (Lipinski definition) is 7. The topological polar surface area (TPSA) is 149 Å². The first kappa shape index (κ1) is 20.5. The molecule has 1 rings (SSSR count). The third-order valence-electron chi connectivity index (χ3n) is 2.97. The molecular weight excluding hydrogens is 332 g/mol. The van der Waals surface area contributed by atoms with Gasteiger partial charge in [-0.2, -0.15) is 5.48 Å². The van der Waals surface area contributed by atoms with E-state index in [-0.39, 0.29) is 32.8 Å². The van der Waals surface area contributed by atoms with Crippen LogP contribution in [0.1, 0.15) is 11.1 Å². The van der Waals surface area contributed by atoms with E-state index in [1.807, 2.05) is 0 Å². The van der Waals surface area contributed by atoms with Gasteiger partial charge in [0.2, 0.25) is 17.7 Å². The van der Waals surface area contributed by atoms with Crippen molar-refractivity contribution >= 4 is 23.4 Å². The normalized spacial score (nSPS) is 10.2. The molecule has 0 fully saturated rings. The van der Waals surface area contributed by atoms with Crippen LogP contribution >= 0.6 is 0 Å². The Labute approximate surface area is 144 Å². The molecule has 0 saturated carbocycles. The van der Waals surface area contributed by atoms with Crippen LogP contribution in [0, 0.1) is 0 Å². The van der Waals surface area contributed by atoms with Crippen LogP contribution in [0.4, 0.5) is 5.69 Å². The molecule has 0 aromatic heterocycles. The summed E-state index contributed by atoms with van der Waals surface area (Å²) >= 11 is 0. The van der Waals surface area contributed by atoms with E-state index in [1.54, 1.807) is 18.2 Å². The summed E-state index contributed by atoms with van der Waals surface area (Å²) in [6, 6.07) is 4.72. The van der Waals surface area contributed by atoms with Crippen molar-refractivity contribution in [2.45, 2.75) is 13.2 Å². The number of carbonyl (C=O) groups is 3. The molecule has 0 heterocycles. The zero-order valence-electron chi connectivity index (χ0n) is 13.8. The number of rotatable bonds is 10. The van der Waals surface area contributed by atoms with Crippen molar-refractivity contribution in [2.75, 3.05) is 32.1 Å². The number of carbonyl (C=O) groups excluding carboxylic acids is 3. The van der Waals surface area contributed by atoms with Crippen LogP contribution in [0.2, 0.25) is 0 Å². The average Bonchev–Trinajstić information content (AvgIpc) is 2.62. The summed E-state index contributed by atoms with van der Waals surface area (Å²) in [5.74, 6) is -1.44. The Morgan fingerprint density at radius 3 is 1.92 bits per heavy atom. The third-order valence-corrected chi connectivity index (χ3v) is 2.97. The second kappa shape index (κ2) is 11.1. The van der Waals surface area contributed by atoms with E-state index in [2.05, 4.69) is 26.3 Å². The van der Waals surface area contributed by atoms with Crippen molar-refractivity contribution in [3.63, 3.8) is 0 Å². The van der Waals surface area contributed by atoms with Crippen molar-refractivity contribution in [2.24, 2.45) is 0 Å². The second-order valence-electron chi connectivity index (χ2n) is 4.98. The lowest BCUT2D eigenvalue weighted by Gasteiger charge is -2.10. The van der Waals surface area contributed by atoms with E-state index >= 15 is 0 Å². The average molecular weight is 354 g/mol. The summed E-state index contributed by atoms with van der Waals surface area (Å²) in [5.41, 5.74) is 3.80. The zero-order chi connectivity index (χ0) is 18.7. The minimum atomic E-state index is -0.527. The summed E-state index contributed by atoms with van der Waals surface area (Å²) in [4.78, 5) is 39.1. The lowest BCUT2D eigenvalue weighted by atomic mass is 10.1. The standard InChI is InChI=1S/C15H22N4O6/c1-25-18-7-14(23)16-5-13(22)17-6-15(24)19-12-3-10(8-20)2-11(4-12)9-21/h2-4,18,20-21H,5-9H2,1H3,(H,16,23)(H,17,22)(H,19,24). The van der Waals surface area contributed by atoms with Gasteiger partial charge in [0, 0.05) is 5.69 Å². The highest BCUT2D eigenvalue weighted by Crippen LogP contribution is 2.15. The molecule has 10 nitrogen and oxygen atoms in total. The molecule has 0 unspecified atom stereocenters. The Bertz CT molecular complexity index is 585. The molecule has 0 saturated heterocycles. The fraction of sp³-hybridized carbons (Fsp3) is 0.400. The largest absolute Gasteiger partial charge is 0.392 e. The fourth-order valence-corrected chi connectivity index (χ4v) is 1.84. The summed E-state index contributed by atoms with van der Waals surface area (Å²) in [6.07, 6.45) is 0. The van der Waals surface area contributed by atoms with Gasteiger partial charge in [0.1, 0.15) is 0 Å². The highest BCUT2D eigenvalue weighted by Gasteiger charge is 2.09. The quantitative estimate of drug-likeness (QED) is 0.266. The van der Waals surface area contributed by atoms with E-state index in [9.17, 15) is 14.4 Å². The van der Waals surface area contributed by atoms with Gasteiger partial charge >= 0.3 is 0 Å². The summed E-state index contributed by atoms with van der Waals surface area (Å²) < 4.78 is 0. The van der Waals surface area contributed by atoms with Crippen LogP contribution in [0.25, 0.3) is 0 Å². The highest BCUT2D eigenvalue weighted by atomic mass is 16.6. The highest BCUT2D eigenvalue weighted by molar-refractivity contribution is 5.95. The molecule has 25 heavy (non-hydrogen) atoms. The number of anilines is 1. The molecule has 0 aliphatic rings. The van der Waals surface area contributed by atoms with Gasteiger partial charge in [-0.3, -0.25) is 14.4 Å². The molecule has 1 aromatic rings. The van der Waals surface area contributed by atoms with Crippen LogP contribution in [0.3, 0.4) is 0 Å². The van der Waals surface area contributed by atoms with Gasteiger partial charge in [-0.25, -0.2) is 0 Å². The summed E-state index contributed by atoms with van der Waals surface area (Å²) in [7, 11) is 1.36. The van der Waals surface area contributed by atoms with E-state index in [1.165, 1.54) is 7.11 Å². The van der Waals surface area contributed by atoms with E-state index in [0.717, 1.165) is 0 Å². The van der Waals surface area contributed by atoms with Gasteiger partial charge in [-0.1, -0.05) is 6.07 Å². The minimum absolute atomic E-state index is 0.0986. The van der Waals surface area contributed by atoms with Crippen LogP contribution in [0.5, 0.6) is 0 Å². The smallest absolute Gasteiger partial charge is 0.243 e. The van der Waals surface area contributed by atoms with Gasteiger partial charge in [-0.15, -0.1) is 0 Å². The molecular formula is C15H22N4O6. The van der Waals surface area contributed by atoms with Crippen molar-refractivity contribution in [3.05, 3.63) is 29.3 Å². The molecule has 0 bridgehead atoms. The van der Waals surface area contributed by atoms with Gasteiger partial charge in [0.25, 0.3) is 0 Å². The fourth-order valence-electron chi connectivity index (χ4n) is 1.84. The molecule has 138 valence electrons. The molecule has 6 N–H and O–H groups in total. The molecule has 0 atom stereocenters. The summed E-state index contributed by atoms with van der Waals surface area (Å²) in [6.45, 7) is -1.12. The van der Waals surface area contributed by atoms with E-state index < -0.39 is 17.7 Å². The van der Waals surface area contributed by atoms with Gasteiger partial charge < -0.3 is 31.0 Å². The molecule has 1 aromatic carbocycles.